The second-order valence-corrected chi connectivity index (χ2v) is 6.62. The largest absolute Gasteiger partial charge is 0.389 e. The van der Waals surface area contributed by atoms with E-state index in [1.54, 1.807) is 31.2 Å². The van der Waals surface area contributed by atoms with Crippen molar-refractivity contribution < 1.29 is 22.4 Å². The molecule has 2 rings (SSSR count). The van der Waals surface area contributed by atoms with Crippen molar-refractivity contribution in [1.29, 1.82) is 0 Å². The van der Waals surface area contributed by atoms with Gasteiger partial charge in [0, 0.05) is 18.5 Å². The Morgan fingerprint density at radius 1 is 1.11 bits per heavy atom. The number of aromatic nitrogens is 1. The lowest BCUT2D eigenvalue weighted by Gasteiger charge is -2.20. The number of rotatable bonds is 7. The molecule has 1 aromatic heterocycles. The Bertz CT molecular complexity index is 742. The van der Waals surface area contributed by atoms with Gasteiger partial charge in [0.15, 0.2) is 0 Å². The highest BCUT2D eigenvalue weighted by Gasteiger charge is 2.26. The molecule has 0 spiro atoms. The van der Waals surface area contributed by atoms with Crippen LogP contribution < -0.4 is 5.32 Å². The maximum Gasteiger partial charge on any atom is 0.389 e. The summed E-state index contributed by atoms with van der Waals surface area (Å²) in [6.07, 6.45) is -3.79. The van der Waals surface area contributed by atoms with Crippen molar-refractivity contribution in [2.45, 2.75) is 45.3 Å². The molecule has 3 nitrogen and oxygen atoms in total. The van der Waals surface area contributed by atoms with Crippen LogP contribution in [-0.2, 0) is 17.8 Å². The summed E-state index contributed by atoms with van der Waals surface area (Å²) in [5.41, 5.74) is 1.94. The third kappa shape index (κ3) is 6.66. The molecule has 7 heteroatoms. The van der Waals surface area contributed by atoms with Gasteiger partial charge in [-0.15, -0.1) is 0 Å². The SMILES string of the molecule is C[C@H](C(=O)NCc1ccc(CCC(F)(F)F)cn1)[C@H](C)c1ccc(F)cc1. The van der Waals surface area contributed by atoms with Gasteiger partial charge in [-0.1, -0.05) is 32.0 Å². The minimum atomic E-state index is -4.19. The quantitative estimate of drug-likeness (QED) is 0.701. The van der Waals surface area contributed by atoms with E-state index in [2.05, 4.69) is 10.3 Å². The van der Waals surface area contributed by atoms with Crippen LogP contribution in [0.3, 0.4) is 0 Å². The Hall–Kier alpha value is -2.44. The summed E-state index contributed by atoms with van der Waals surface area (Å²) in [6.45, 7) is 3.88. The first-order valence-corrected chi connectivity index (χ1v) is 8.69. The second-order valence-electron chi connectivity index (χ2n) is 6.62. The number of nitrogens with one attached hydrogen (secondary N) is 1. The summed E-state index contributed by atoms with van der Waals surface area (Å²) in [6, 6.07) is 9.24. The van der Waals surface area contributed by atoms with Crippen molar-refractivity contribution >= 4 is 5.91 Å². The molecular weight excluding hydrogens is 360 g/mol. The minimum absolute atomic E-state index is 0.0942. The summed E-state index contributed by atoms with van der Waals surface area (Å²) in [5, 5.41) is 2.78. The molecule has 2 aromatic rings. The number of benzene rings is 1. The highest BCUT2D eigenvalue weighted by atomic mass is 19.4. The smallest absolute Gasteiger partial charge is 0.350 e. The number of aryl methyl sites for hydroxylation is 1. The van der Waals surface area contributed by atoms with Crippen LogP contribution >= 0.6 is 0 Å². The third-order valence-corrected chi connectivity index (χ3v) is 4.59. The fraction of sp³-hybridized carbons (Fsp3) is 0.400. The highest BCUT2D eigenvalue weighted by Crippen LogP contribution is 2.24. The van der Waals surface area contributed by atoms with Crippen LogP contribution in [0.25, 0.3) is 0 Å². The van der Waals surface area contributed by atoms with E-state index >= 15 is 0 Å². The molecule has 146 valence electrons. The Morgan fingerprint density at radius 2 is 1.78 bits per heavy atom. The van der Waals surface area contributed by atoms with E-state index in [1.165, 1.54) is 18.3 Å². The maximum atomic E-state index is 13.0. The van der Waals surface area contributed by atoms with E-state index in [0.29, 0.717) is 11.3 Å². The topological polar surface area (TPSA) is 42.0 Å². The molecule has 1 aromatic carbocycles. The van der Waals surface area contributed by atoms with E-state index < -0.39 is 12.6 Å². The van der Waals surface area contributed by atoms with Gasteiger partial charge < -0.3 is 5.32 Å². The fourth-order valence-electron chi connectivity index (χ4n) is 2.61. The molecule has 1 amide bonds. The first-order chi connectivity index (χ1) is 12.7. The molecule has 0 radical (unpaired) electrons. The lowest BCUT2D eigenvalue weighted by atomic mass is 9.88. The number of carbonyl (C=O) groups excluding carboxylic acids is 1. The van der Waals surface area contributed by atoms with Gasteiger partial charge in [-0.05, 0) is 41.7 Å². The normalized spacial score (nSPS) is 13.9. The predicted octanol–water partition coefficient (Wildman–Crippen LogP) is 4.77. The van der Waals surface area contributed by atoms with Crippen LogP contribution in [0.4, 0.5) is 17.6 Å². The van der Waals surface area contributed by atoms with Crippen molar-refractivity contribution in [3.05, 3.63) is 65.2 Å². The van der Waals surface area contributed by atoms with Crippen molar-refractivity contribution in [2.24, 2.45) is 5.92 Å². The zero-order valence-corrected chi connectivity index (χ0v) is 15.2. The molecule has 0 saturated carbocycles. The van der Waals surface area contributed by atoms with Crippen LogP contribution in [0.5, 0.6) is 0 Å². The fourth-order valence-corrected chi connectivity index (χ4v) is 2.61. The standard InChI is InChI=1S/C20H22F4N2O/c1-13(16-4-6-17(21)7-5-16)14(2)19(27)26-12-18-8-3-15(11-25-18)9-10-20(22,23)24/h3-8,11,13-14H,9-10,12H2,1-2H3,(H,26,27)/t13-,14-/m0/s1. The second kappa shape index (κ2) is 8.97. The van der Waals surface area contributed by atoms with Crippen LogP contribution in [0.1, 0.15) is 43.0 Å². The molecule has 0 saturated heterocycles. The predicted molar refractivity (Wildman–Crippen MR) is 94.4 cm³/mol. The van der Waals surface area contributed by atoms with Crippen molar-refractivity contribution in [2.75, 3.05) is 0 Å². The van der Waals surface area contributed by atoms with E-state index in [9.17, 15) is 22.4 Å². The average Bonchev–Trinajstić information content (AvgIpc) is 2.64. The van der Waals surface area contributed by atoms with Crippen LogP contribution in [-0.4, -0.2) is 17.1 Å². The highest BCUT2D eigenvalue weighted by molar-refractivity contribution is 5.79. The Morgan fingerprint density at radius 3 is 2.33 bits per heavy atom. The zero-order valence-electron chi connectivity index (χ0n) is 15.2. The molecule has 1 N–H and O–H groups in total. The Balaban J connectivity index is 1.86. The van der Waals surface area contributed by atoms with E-state index in [-0.39, 0.29) is 36.5 Å². The van der Waals surface area contributed by atoms with Crippen LogP contribution in [0.15, 0.2) is 42.6 Å². The van der Waals surface area contributed by atoms with Gasteiger partial charge in [0.2, 0.25) is 5.91 Å². The molecule has 1 heterocycles. The first-order valence-electron chi connectivity index (χ1n) is 8.69. The number of alkyl halides is 3. The number of hydrogen-bond donors (Lipinski definition) is 1. The molecular formula is C20H22F4N2O. The van der Waals surface area contributed by atoms with E-state index in [1.807, 2.05) is 6.92 Å². The summed E-state index contributed by atoms with van der Waals surface area (Å²) in [7, 11) is 0. The summed E-state index contributed by atoms with van der Waals surface area (Å²) < 4.78 is 49.7. The minimum Gasteiger partial charge on any atom is -0.350 e. The van der Waals surface area contributed by atoms with Crippen molar-refractivity contribution in [1.82, 2.24) is 10.3 Å². The zero-order chi connectivity index (χ0) is 20.0. The number of amides is 1. The van der Waals surface area contributed by atoms with Crippen molar-refractivity contribution in [3.63, 3.8) is 0 Å². The lowest BCUT2D eigenvalue weighted by molar-refractivity contribution is -0.134. The average molecular weight is 382 g/mol. The molecule has 0 aliphatic rings. The third-order valence-electron chi connectivity index (χ3n) is 4.59. The Labute approximate surface area is 155 Å². The van der Waals surface area contributed by atoms with Gasteiger partial charge in [0.1, 0.15) is 5.82 Å². The summed E-state index contributed by atoms with van der Waals surface area (Å²) in [4.78, 5) is 16.4. The Kier molecular flexibility index (Phi) is 6.93. The maximum absolute atomic E-state index is 13.0. The number of pyridine rings is 1. The van der Waals surface area contributed by atoms with Gasteiger partial charge in [0.25, 0.3) is 0 Å². The van der Waals surface area contributed by atoms with E-state index in [0.717, 1.165) is 5.56 Å². The molecule has 27 heavy (non-hydrogen) atoms. The molecule has 0 aliphatic carbocycles. The first kappa shape index (κ1) is 20.9. The lowest BCUT2D eigenvalue weighted by Crippen LogP contribution is -2.31. The molecule has 0 bridgehead atoms. The summed E-state index contributed by atoms with van der Waals surface area (Å²) in [5.74, 6) is -0.924. The number of hydrogen-bond acceptors (Lipinski definition) is 2. The van der Waals surface area contributed by atoms with Gasteiger partial charge in [-0.3, -0.25) is 9.78 Å². The molecule has 0 aliphatic heterocycles. The number of nitrogens with zero attached hydrogens (tertiary/aromatic N) is 1. The van der Waals surface area contributed by atoms with Gasteiger partial charge in [0.05, 0.1) is 12.2 Å². The number of carbonyl (C=O) groups is 1. The molecule has 0 fully saturated rings. The number of halogens is 4. The van der Waals surface area contributed by atoms with Crippen molar-refractivity contribution in [3.8, 4) is 0 Å². The molecule has 0 unspecified atom stereocenters. The van der Waals surface area contributed by atoms with Gasteiger partial charge in [-0.25, -0.2) is 4.39 Å². The molecule has 2 atom stereocenters. The monoisotopic (exact) mass is 382 g/mol. The van der Waals surface area contributed by atoms with Crippen LogP contribution in [0.2, 0.25) is 0 Å². The van der Waals surface area contributed by atoms with E-state index in [4.69, 9.17) is 0 Å². The summed E-state index contributed by atoms with van der Waals surface area (Å²) >= 11 is 0. The van der Waals surface area contributed by atoms with Gasteiger partial charge in [-0.2, -0.15) is 13.2 Å². The van der Waals surface area contributed by atoms with Gasteiger partial charge >= 0.3 is 6.18 Å². The van der Waals surface area contributed by atoms with Crippen LogP contribution in [0, 0.1) is 11.7 Å².